The van der Waals surface area contributed by atoms with Gasteiger partial charge in [0.05, 0.1) is 7.11 Å². The fraction of sp³-hybridized carbons (Fsp3) is 0.348. The fourth-order valence-electron chi connectivity index (χ4n) is 4.29. The topological polar surface area (TPSA) is 41.1 Å². The summed E-state index contributed by atoms with van der Waals surface area (Å²) < 4.78 is 5.33. The van der Waals surface area contributed by atoms with Crippen LogP contribution < -0.4 is 4.74 Å². The maximum Gasteiger partial charge on any atom is 0.118 e. The van der Waals surface area contributed by atoms with Crippen LogP contribution in [0, 0.1) is 0 Å². The van der Waals surface area contributed by atoms with Crippen LogP contribution in [0.25, 0.3) is 0 Å². The molecule has 0 spiro atoms. The maximum absolute atomic E-state index is 5.33. The van der Waals surface area contributed by atoms with E-state index < -0.39 is 0 Å². The number of hydrogen-bond acceptors (Lipinski definition) is 3. The van der Waals surface area contributed by atoms with Crippen molar-refractivity contribution in [2.24, 2.45) is 0 Å². The molecular weight excluding hydrogens is 334 g/mol. The van der Waals surface area contributed by atoms with Gasteiger partial charge in [0.15, 0.2) is 0 Å². The minimum Gasteiger partial charge on any atom is -0.497 e. The predicted octanol–water partition coefficient (Wildman–Crippen LogP) is 4.41. The molecule has 0 bridgehead atoms. The highest BCUT2D eigenvalue weighted by molar-refractivity contribution is 5.33. The third-order valence-electron chi connectivity index (χ3n) is 5.76. The zero-order valence-corrected chi connectivity index (χ0v) is 16.0. The molecule has 0 amide bonds. The second kappa shape index (κ2) is 7.97. The molecule has 1 aromatic heterocycles. The van der Waals surface area contributed by atoms with Crippen LogP contribution in [0.4, 0.5) is 0 Å². The monoisotopic (exact) mass is 361 g/mol. The number of rotatable bonds is 6. The molecule has 1 fully saturated rings. The van der Waals surface area contributed by atoms with Gasteiger partial charge in [0.1, 0.15) is 5.75 Å². The number of aromatic nitrogens is 2. The molecule has 1 aliphatic rings. The molecule has 140 valence electrons. The van der Waals surface area contributed by atoms with Crippen LogP contribution in [0.15, 0.2) is 66.9 Å². The first-order chi connectivity index (χ1) is 13.2. The average Bonchev–Trinajstić information content (AvgIpc) is 3.38. The molecule has 0 aliphatic carbocycles. The van der Waals surface area contributed by atoms with Crippen molar-refractivity contribution in [1.82, 2.24) is 15.1 Å². The Morgan fingerprint density at radius 2 is 1.78 bits per heavy atom. The number of ether oxygens (including phenoxy) is 1. The first-order valence-corrected chi connectivity index (χ1v) is 9.65. The van der Waals surface area contributed by atoms with Crippen molar-refractivity contribution in [3.8, 4) is 5.75 Å². The van der Waals surface area contributed by atoms with E-state index >= 15 is 0 Å². The molecule has 1 aliphatic heterocycles. The zero-order valence-electron chi connectivity index (χ0n) is 16.0. The average molecular weight is 361 g/mol. The smallest absolute Gasteiger partial charge is 0.118 e. The first-order valence-electron chi connectivity index (χ1n) is 9.65. The summed E-state index contributed by atoms with van der Waals surface area (Å²) in [5.41, 5.74) is 4.00. The molecule has 4 nitrogen and oxygen atoms in total. The SMILES string of the molecule is COc1ccc([C@@H]2CN(CC(C)c3ccccc3)C[C@H]2c2ccn[nH]2)cc1. The van der Waals surface area contributed by atoms with Crippen LogP contribution in [0.3, 0.4) is 0 Å². The van der Waals surface area contributed by atoms with E-state index in [0.717, 1.165) is 25.4 Å². The molecule has 4 heteroatoms. The minimum atomic E-state index is 0.434. The second-order valence-electron chi connectivity index (χ2n) is 7.53. The van der Waals surface area contributed by atoms with Gasteiger partial charge in [0, 0.05) is 43.4 Å². The van der Waals surface area contributed by atoms with Gasteiger partial charge in [0.25, 0.3) is 0 Å². The largest absolute Gasteiger partial charge is 0.497 e. The summed E-state index contributed by atoms with van der Waals surface area (Å²) >= 11 is 0. The number of benzene rings is 2. The quantitative estimate of drug-likeness (QED) is 0.707. The van der Waals surface area contributed by atoms with Gasteiger partial charge in [-0.25, -0.2) is 0 Å². The van der Waals surface area contributed by atoms with E-state index in [2.05, 4.69) is 82.7 Å². The number of H-pyrrole nitrogens is 1. The molecule has 3 atom stereocenters. The Morgan fingerprint density at radius 1 is 1.04 bits per heavy atom. The number of aromatic amines is 1. The molecule has 1 saturated heterocycles. The van der Waals surface area contributed by atoms with Crippen molar-refractivity contribution in [2.45, 2.75) is 24.7 Å². The van der Waals surface area contributed by atoms with Crippen LogP contribution in [0.5, 0.6) is 5.75 Å². The van der Waals surface area contributed by atoms with E-state index in [1.54, 1.807) is 7.11 Å². The Morgan fingerprint density at radius 3 is 2.44 bits per heavy atom. The van der Waals surface area contributed by atoms with Gasteiger partial charge >= 0.3 is 0 Å². The summed E-state index contributed by atoms with van der Waals surface area (Å²) in [6, 6.07) is 21.5. The van der Waals surface area contributed by atoms with Gasteiger partial charge < -0.3 is 9.64 Å². The third-order valence-corrected chi connectivity index (χ3v) is 5.76. The van der Waals surface area contributed by atoms with Crippen molar-refractivity contribution >= 4 is 0 Å². The summed E-state index contributed by atoms with van der Waals surface area (Å²) in [6.07, 6.45) is 1.86. The summed E-state index contributed by atoms with van der Waals surface area (Å²) in [4.78, 5) is 2.60. The van der Waals surface area contributed by atoms with Crippen LogP contribution in [-0.4, -0.2) is 41.8 Å². The summed E-state index contributed by atoms with van der Waals surface area (Å²) in [7, 11) is 1.71. The Kier molecular flexibility index (Phi) is 5.26. The number of nitrogens with zero attached hydrogens (tertiary/aromatic N) is 2. The number of nitrogens with one attached hydrogen (secondary N) is 1. The van der Waals surface area contributed by atoms with E-state index in [1.807, 2.05) is 6.20 Å². The van der Waals surface area contributed by atoms with Crippen molar-refractivity contribution < 1.29 is 4.74 Å². The van der Waals surface area contributed by atoms with E-state index in [4.69, 9.17) is 4.74 Å². The van der Waals surface area contributed by atoms with E-state index in [1.165, 1.54) is 16.8 Å². The Hall–Kier alpha value is -2.59. The fourth-order valence-corrected chi connectivity index (χ4v) is 4.29. The summed E-state index contributed by atoms with van der Waals surface area (Å²) in [5.74, 6) is 2.32. The first kappa shape index (κ1) is 17.8. The highest BCUT2D eigenvalue weighted by atomic mass is 16.5. The lowest BCUT2D eigenvalue weighted by atomic mass is 9.87. The highest BCUT2D eigenvalue weighted by Gasteiger charge is 2.36. The Balaban J connectivity index is 1.54. The van der Waals surface area contributed by atoms with Crippen LogP contribution in [-0.2, 0) is 0 Å². The van der Waals surface area contributed by atoms with E-state index in [-0.39, 0.29) is 0 Å². The van der Waals surface area contributed by atoms with Crippen molar-refractivity contribution in [2.75, 3.05) is 26.7 Å². The van der Waals surface area contributed by atoms with Crippen molar-refractivity contribution in [3.05, 3.63) is 83.7 Å². The molecule has 27 heavy (non-hydrogen) atoms. The summed E-state index contributed by atoms with van der Waals surface area (Å²) in [5, 5.41) is 7.40. The lowest BCUT2D eigenvalue weighted by Crippen LogP contribution is -2.25. The normalized spacial score (nSPS) is 21.3. The Bertz CT molecular complexity index is 830. The molecule has 4 rings (SSSR count). The van der Waals surface area contributed by atoms with Gasteiger partial charge in [-0.05, 0) is 35.2 Å². The molecular formula is C23H27N3O. The Labute approximate surface area is 161 Å². The van der Waals surface area contributed by atoms with Crippen LogP contribution in [0.1, 0.15) is 41.5 Å². The number of hydrogen-bond donors (Lipinski definition) is 1. The molecule has 1 N–H and O–H groups in total. The lowest BCUT2D eigenvalue weighted by molar-refractivity contribution is 0.313. The minimum absolute atomic E-state index is 0.434. The van der Waals surface area contributed by atoms with Crippen molar-refractivity contribution in [1.29, 1.82) is 0 Å². The molecule has 2 heterocycles. The zero-order chi connectivity index (χ0) is 18.6. The second-order valence-corrected chi connectivity index (χ2v) is 7.53. The van der Waals surface area contributed by atoms with Gasteiger partial charge in [-0.1, -0.05) is 49.4 Å². The standard InChI is InChI=1S/C23H27N3O/c1-17(18-6-4-3-5-7-18)14-26-15-21(19-8-10-20(27-2)11-9-19)22(16-26)23-12-13-24-25-23/h3-13,17,21-22H,14-16H2,1-2H3,(H,24,25)/t17?,21-,22+/m0/s1. The van der Waals surface area contributed by atoms with Gasteiger partial charge in [-0.3, -0.25) is 5.10 Å². The number of methoxy groups -OCH3 is 1. The predicted molar refractivity (Wildman–Crippen MR) is 108 cm³/mol. The third kappa shape index (κ3) is 3.91. The molecule has 0 saturated carbocycles. The molecule has 3 aromatic rings. The highest BCUT2D eigenvalue weighted by Crippen LogP contribution is 2.40. The van der Waals surface area contributed by atoms with Gasteiger partial charge in [-0.2, -0.15) is 5.10 Å². The van der Waals surface area contributed by atoms with Gasteiger partial charge in [-0.15, -0.1) is 0 Å². The summed E-state index contributed by atoms with van der Waals surface area (Å²) in [6.45, 7) is 5.51. The van der Waals surface area contributed by atoms with Crippen molar-refractivity contribution in [3.63, 3.8) is 0 Å². The molecule has 0 radical (unpaired) electrons. The van der Waals surface area contributed by atoms with Gasteiger partial charge in [0.2, 0.25) is 0 Å². The molecule has 1 unspecified atom stereocenters. The van der Waals surface area contributed by atoms with E-state index in [0.29, 0.717) is 17.8 Å². The lowest BCUT2D eigenvalue weighted by Gasteiger charge is -2.21. The van der Waals surface area contributed by atoms with E-state index in [9.17, 15) is 0 Å². The van der Waals surface area contributed by atoms with Crippen LogP contribution in [0.2, 0.25) is 0 Å². The number of likely N-dealkylation sites (tertiary alicyclic amines) is 1. The molecule has 2 aromatic carbocycles. The van der Waals surface area contributed by atoms with Crippen LogP contribution >= 0.6 is 0 Å². The maximum atomic E-state index is 5.33.